The minimum absolute atomic E-state index is 0.0981. The zero-order valence-corrected chi connectivity index (χ0v) is 18.5. The van der Waals surface area contributed by atoms with Crippen molar-refractivity contribution >= 4 is 21.6 Å². The molecule has 8 nitrogen and oxygen atoms in total. The molecule has 0 unspecified atom stereocenters. The molecule has 2 aromatic carbocycles. The second kappa shape index (κ2) is 11.1. The molecule has 1 saturated heterocycles. The molecule has 0 bridgehead atoms. The number of anilines is 1. The van der Waals surface area contributed by atoms with Crippen LogP contribution in [-0.4, -0.2) is 71.8 Å². The number of para-hydroxylation sites is 1. The molecule has 1 amide bonds. The molecular formula is C22H29N3O5S. The zero-order valence-electron chi connectivity index (χ0n) is 17.7. The molecule has 3 rings (SSSR count). The van der Waals surface area contributed by atoms with Gasteiger partial charge in [-0.25, -0.2) is 8.42 Å². The zero-order chi connectivity index (χ0) is 22.1. The maximum Gasteiger partial charge on any atom is 0.264 e. The second-order valence-corrected chi connectivity index (χ2v) is 8.92. The van der Waals surface area contributed by atoms with Gasteiger partial charge >= 0.3 is 0 Å². The van der Waals surface area contributed by atoms with Gasteiger partial charge in [-0.05, 0) is 43.3 Å². The van der Waals surface area contributed by atoms with Gasteiger partial charge in [-0.1, -0.05) is 18.2 Å². The Kier molecular flexibility index (Phi) is 8.27. The highest BCUT2D eigenvalue weighted by Gasteiger charge is 2.27. The lowest BCUT2D eigenvalue weighted by atomic mass is 10.3. The summed E-state index contributed by atoms with van der Waals surface area (Å²) in [5, 5.41) is 2.83. The van der Waals surface area contributed by atoms with Crippen molar-refractivity contribution in [3.05, 3.63) is 54.6 Å². The van der Waals surface area contributed by atoms with Crippen molar-refractivity contribution in [3.63, 3.8) is 0 Å². The molecule has 31 heavy (non-hydrogen) atoms. The maximum atomic E-state index is 13.3. The monoisotopic (exact) mass is 447 g/mol. The molecule has 1 N–H and O–H groups in total. The van der Waals surface area contributed by atoms with Crippen molar-refractivity contribution in [2.24, 2.45) is 0 Å². The average molecular weight is 448 g/mol. The number of rotatable bonds is 10. The van der Waals surface area contributed by atoms with Crippen LogP contribution < -0.4 is 14.4 Å². The van der Waals surface area contributed by atoms with E-state index in [1.165, 1.54) is 12.1 Å². The fraction of sp³-hybridized carbons (Fsp3) is 0.409. The summed E-state index contributed by atoms with van der Waals surface area (Å²) in [6.45, 7) is 6.24. The minimum atomic E-state index is -3.94. The first-order valence-corrected chi connectivity index (χ1v) is 11.8. The van der Waals surface area contributed by atoms with Gasteiger partial charge in [-0.3, -0.25) is 14.0 Å². The summed E-state index contributed by atoms with van der Waals surface area (Å²) in [6.07, 6.45) is 0. The van der Waals surface area contributed by atoms with E-state index in [1.807, 2.05) is 6.92 Å². The smallest absolute Gasteiger partial charge is 0.264 e. The van der Waals surface area contributed by atoms with Crippen molar-refractivity contribution < 1.29 is 22.7 Å². The van der Waals surface area contributed by atoms with Gasteiger partial charge in [0.2, 0.25) is 5.91 Å². The Hall–Kier alpha value is -2.62. The van der Waals surface area contributed by atoms with Crippen LogP contribution in [0.2, 0.25) is 0 Å². The van der Waals surface area contributed by atoms with E-state index >= 15 is 0 Å². The molecule has 168 valence electrons. The molecule has 1 aliphatic heterocycles. The summed E-state index contributed by atoms with van der Waals surface area (Å²) < 4.78 is 38.5. The van der Waals surface area contributed by atoms with Crippen molar-refractivity contribution in [1.29, 1.82) is 0 Å². The van der Waals surface area contributed by atoms with Crippen molar-refractivity contribution in [3.8, 4) is 5.75 Å². The highest BCUT2D eigenvalue weighted by Crippen LogP contribution is 2.24. The van der Waals surface area contributed by atoms with Crippen LogP contribution in [-0.2, 0) is 19.6 Å². The number of morpholine rings is 1. The first kappa shape index (κ1) is 23.1. The van der Waals surface area contributed by atoms with Crippen molar-refractivity contribution in [2.45, 2.75) is 11.8 Å². The van der Waals surface area contributed by atoms with E-state index in [0.29, 0.717) is 44.3 Å². The van der Waals surface area contributed by atoms with Gasteiger partial charge in [-0.2, -0.15) is 0 Å². The summed E-state index contributed by atoms with van der Waals surface area (Å²) >= 11 is 0. The molecule has 0 atom stereocenters. The molecule has 0 spiro atoms. The lowest BCUT2D eigenvalue weighted by molar-refractivity contribution is -0.119. The van der Waals surface area contributed by atoms with Gasteiger partial charge in [0.05, 0.1) is 30.4 Å². The Bertz CT molecular complexity index is 929. The van der Waals surface area contributed by atoms with Gasteiger partial charge < -0.3 is 14.8 Å². The van der Waals surface area contributed by atoms with Crippen LogP contribution in [0.5, 0.6) is 5.75 Å². The number of ether oxygens (including phenoxy) is 2. The van der Waals surface area contributed by atoms with Gasteiger partial charge in [-0.15, -0.1) is 0 Å². The Morgan fingerprint density at radius 2 is 1.77 bits per heavy atom. The van der Waals surface area contributed by atoms with E-state index in [1.54, 1.807) is 42.5 Å². The molecule has 0 aliphatic carbocycles. The van der Waals surface area contributed by atoms with Gasteiger partial charge in [0.15, 0.2) is 0 Å². The Morgan fingerprint density at radius 3 is 2.42 bits per heavy atom. The predicted octanol–water partition coefficient (Wildman–Crippen LogP) is 1.73. The molecule has 1 heterocycles. The van der Waals surface area contributed by atoms with Crippen molar-refractivity contribution in [1.82, 2.24) is 10.2 Å². The lowest BCUT2D eigenvalue weighted by Crippen LogP contribution is -2.44. The maximum absolute atomic E-state index is 13.3. The summed E-state index contributed by atoms with van der Waals surface area (Å²) in [7, 11) is -3.94. The van der Waals surface area contributed by atoms with E-state index in [4.69, 9.17) is 9.47 Å². The lowest BCUT2D eigenvalue weighted by Gasteiger charge is -2.27. The number of carbonyl (C=O) groups excluding carboxylic acids is 1. The topological polar surface area (TPSA) is 88.2 Å². The Morgan fingerprint density at radius 1 is 1.10 bits per heavy atom. The van der Waals surface area contributed by atoms with Crippen LogP contribution in [0.25, 0.3) is 0 Å². The first-order chi connectivity index (χ1) is 15.0. The molecular weight excluding hydrogens is 418 g/mol. The fourth-order valence-corrected chi connectivity index (χ4v) is 4.70. The normalized spacial score (nSPS) is 14.7. The van der Waals surface area contributed by atoms with Crippen LogP contribution in [0, 0.1) is 0 Å². The quantitative estimate of drug-likeness (QED) is 0.597. The SMILES string of the molecule is CCOc1ccc(S(=O)(=O)N(CC(=O)NCCN2CCOCC2)c2ccccc2)cc1. The summed E-state index contributed by atoms with van der Waals surface area (Å²) in [4.78, 5) is 14.9. The molecule has 9 heteroatoms. The number of nitrogens with zero attached hydrogens (tertiary/aromatic N) is 2. The summed E-state index contributed by atoms with van der Waals surface area (Å²) in [5.41, 5.74) is 0.430. The number of benzene rings is 2. The third-order valence-electron chi connectivity index (χ3n) is 4.91. The molecule has 1 aliphatic rings. The van der Waals surface area contributed by atoms with E-state index < -0.39 is 10.0 Å². The van der Waals surface area contributed by atoms with Crippen LogP contribution in [0.15, 0.2) is 59.5 Å². The minimum Gasteiger partial charge on any atom is -0.494 e. The highest BCUT2D eigenvalue weighted by molar-refractivity contribution is 7.92. The standard InChI is InChI=1S/C22H29N3O5S/c1-2-30-20-8-10-21(11-9-20)31(27,28)25(19-6-4-3-5-7-19)18-22(26)23-12-13-24-14-16-29-17-15-24/h3-11H,2,12-18H2,1H3,(H,23,26). The second-order valence-electron chi connectivity index (χ2n) is 7.06. The highest BCUT2D eigenvalue weighted by atomic mass is 32.2. The summed E-state index contributed by atoms with van der Waals surface area (Å²) in [6, 6.07) is 14.8. The molecule has 1 fully saturated rings. The number of hydrogen-bond acceptors (Lipinski definition) is 6. The Balaban J connectivity index is 1.71. The van der Waals surface area contributed by atoms with Gasteiger partial charge in [0.25, 0.3) is 10.0 Å². The van der Waals surface area contributed by atoms with E-state index in [-0.39, 0.29) is 17.3 Å². The number of nitrogens with one attached hydrogen (secondary N) is 1. The third kappa shape index (κ3) is 6.43. The predicted molar refractivity (Wildman–Crippen MR) is 119 cm³/mol. The largest absolute Gasteiger partial charge is 0.494 e. The number of hydrogen-bond donors (Lipinski definition) is 1. The van der Waals surface area contributed by atoms with Crippen LogP contribution >= 0.6 is 0 Å². The number of sulfonamides is 1. The molecule has 0 aromatic heterocycles. The fourth-order valence-electron chi connectivity index (χ4n) is 3.28. The van der Waals surface area contributed by atoms with E-state index in [9.17, 15) is 13.2 Å². The van der Waals surface area contributed by atoms with Crippen LogP contribution in [0.1, 0.15) is 6.92 Å². The average Bonchev–Trinajstić information content (AvgIpc) is 2.79. The van der Waals surface area contributed by atoms with Gasteiger partial charge in [0, 0.05) is 26.2 Å². The van der Waals surface area contributed by atoms with E-state index in [2.05, 4.69) is 10.2 Å². The number of carbonyl (C=O) groups is 1. The summed E-state index contributed by atoms with van der Waals surface area (Å²) in [5.74, 6) is 0.236. The number of amides is 1. The molecule has 2 aromatic rings. The molecule has 0 radical (unpaired) electrons. The molecule has 0 saturated carbocycles. The van der Waals surface area contributed by atoms with Crippen LogP contribution in [0.4, 0.5) is 5.69 Å². The van der Waals surface area contributed by atoms with Crippen LogP contribution in [0.3, 0.4) is 0 Å². The Labute approximate surface area is 183 Å². The third-order valence-corrected chi connectivity index (χ3v) is 6.70. The van der Waals surface area contributed by atoms with E-state index in [0.717, 1.165) is 17.4 Å². The van der Waals surface area contributed by atoms with Crippen molar-refractivity contribution in [2.75, 3.05) is 56.8 Å². The van der Waals surface area contributed by atoms with Gasteiger partial charge in [0.1, 0.15) is 12.3 Å². The first-order valence-electron chi connectivity index (χ1n) is 10.4.